The second-order valence-corrected chi connectivity index (χ2v) is 5.29. The first-order valence-corrected chi connectivity index (χ1v) is 7.24. The molecule has 0 aromatic carbocycles. The Hall–Kier alpha value is -2.30. The van der Waals surface area contributed by atoms with Crippen molar-refractivity contribution in [1.82, 2.24) is 24.8 Å². The van der Waals surface area contributed by atoms with E-state index in [-0.39, 0.29) is 18.1 Å². The Bertz CT molecular complexity index is 720. The molecular weight excluding hydrogens is 304 g/mol. The fraction of sp³-hybridized carbons (Fsp3) is 0.538. The zero-order valence-electron chi connectivity index (χ0n) is 12.5. The molecule has 1 fully saturated rings. The fourth-order valence-corrected chi connectivity index (χ4v) is 2.64. The molecule has 0 bridgehead atoms. The average Bonchev–Trinajstić information content (AvgIpc) is 3.05. The molecule has 5 N–H and O–H groups in total. The van der Waals surface area contributed by atoms with Gasteiger partial charge in [-0.3, -0.25) is 9.36 Å². The molecule has 0 radical (unpaired) electrons. The summed E-state index contributed by atoms with van der Waals surface area (Å²) < 4.78 is 7.13. The zero-order valence-corrected chi connectivity index (χ0v) is 12.5. The maximum Gasteiger partial charge on any atom is 0.222 e. The van der Waals surface area contributed by atoms with Gasteiger partial charge in [0.05, 0.1) is 18.9 Å². The lowest BCUT2D eigenvalue weighted by Gasteiger charge is -2.16. The van der Waals surface area contributed by atoms with E-state index in [1.54, 1.807) is 6.92 Å². The van der Waals surface area contributed by atoms with E-state index in [0.717, 1.165) is 0 Å². The number of hydrogen-bond acceptors (Lipinski definition) is 8. The molecular formula is C13H18N6O4. The summed E-state index contributed by atoms with van der Waals surface area (Å²) in [5, 5.41) is 23.0. The summed E-state index contributed by atoms with van der Waals surface area (Å²) in [6, 6.07) is 0. The third kappa shape index (κ3) is 2.71. The van der Waals surface area contributed by atoms with Crippen LogP contribution in [0.3, 0.4) is 0 Å². The summed E-state index contributed by atoms with van der Waals surface area (Å²) in [5.41, 5.74) is 6.49. The van der Waals surface area contributed by atoms with Crippen LogP contribution < -0.4 is 11.1 Å². The van der Waals surface area contributed by atoms with Gasteiger partial charge in [-0.05, 0) is 6.92 Å². The molecule has 1 aliphatic heterocycles. The summed E-state index contributed by atoms with van der Waals surface area (Å²) in [6.07, 6.45) is -1.51. The highest BCUT2D eigenvalue weighted by molar-refractivity contribution is 5.81. The number of hydrogen-bond donors (Lipinski definition) is 4. The minimum absolute atomic E-state index is 0.0493. The van der Waals surface area contributed by atoms with Gasteiger partial charge in [-0.25, -0.2) is 15.0 Å². The molecule has 124 valence electrons. The highest BCUT2D eigenvalue weighted by Gasteiger charge is 2.44. The molecule has 2 aromatic heterocycles. The molecule has 0 aliphatic carbocycles. The van der Waals surface area contributed by atoms with Crippen LogP contribution in [-0.2, 0) is 9.53 Å². The Morgan fingerprint density at radius 2 is 2.17 bits per heavy atom. The Morgan fingerprint density at radius 3 is 2.91 bits per heavy atom. The van der Waals surface area contributed by atoms with Crippen molar-refractivity contribution < 1.29 is 19.7 Å². The minimum Gasteiger partial charge on any atom is -0.388 e. The number of imidazole rings is 1. The number of ether oxygens (including phenoxy) is 1. The van der Waals surface area contributed by atoms with Gasteiger partial charge >= 0.3 is 0 Å². The highest BCUT2D eigenvalue weighted by Crippen LogP contribution is 2.33. The molecule has 0 saturated carbocycles. The molecule has 23 heavy (non-hydrogen) atoms. The second-order valence-electron chi connectivity index (χ2n) is 5.29. The van der Waals surface area contributed by atoms with Gasteiger partial charge in [0.1, 0.15) is 24.1 Å². The van der Waals surface area contributed by atoms with Crippen molar-refractivity contribution in [3.8, 4) is 0 Å². The van der Waals surface area contributed by atoms with E-state index >= 15 is 0 Å². The number of aliphatic hydroxyl groups is 2. The lowest BCUT2D eigenvalue weighted by Crippen LogP contribution is -2.35. The molecule has 10 nitrogen and oxygen atoms in total. The topological polar surface area (TPSA) is 148 Å². The van der Waals surface area contributed by atoms with Crippen LogP contribution in [-0.4, -0.2) is 60.5 Å². The zero-order chi connectivity index (χ0) is 16.6. The standard InChI is InChI=1S/C13H18N6O4/c1-2-15-7(20)3-6-9(21)10(22)13(23-6)19-5-18-8-11(14)16-4-17-12(8)19/h4-6,9-10,13,21-22H,2-3H2,1H3,(H,15,20)(H2,14,16,17)/t6-,9?,10?,13-/m1/s1. The van der Waals surface area contributed by atoms with Crippen LogP contribution in [0.5, 0.6) is 0 Å². The van der Waals surface area contributed by atoms with Gasteiger partial charge in [-0.2, -0.15) is 0 Å². The van der Waals surface area contributed by atoms with Crippen LogP contribution in [0.15, 0.2) is 12.7 Å². The number of amides is 1. The van der Waals surface area contributed by atoms with Crippen molar-refractivity contribution in [1.29, 1.82) is 0 Å². The number of nitrogens with zero attached hydrogens (tertiary/aromatic N) is 4. The van der Waals surface area contributed by atoms with Crippen molar-refractivity contribution in [3.05, 3.63) is 12.7 Å². The van der Waals surface area contributed by atoms with Gasteiger partial charge in [0.2, 0.25) is 5.91 Å². The van der Waals surface area contributed by atoms with Crippen molar-refractivity contribution in [2.45, 2.75) is 37.9 Å². The van der Waals surface area contributed by atoms with Crippen LogP contribution >= 0.6 is 0 Å². The van der Waals surface area contributed by atoms with Crippen LogP contribution in [0.4, 0.5) is 5.82 Å². The van der Waals surface area contributed by atoms with Crippen LogP contribution in [0.25, 0.3) is 11.2 Å². The molecule has 3 rings (SSSR count). The molecule has 10 heteroatoms. The number of rotatable bonds is 4. The molecule has 2 aromatic rings. The lowest BCUT2D eigenvalue weighted by atomic mass is 10.1. The van der Waals surface area contributed by atoms with Gasteiger partial charge < -0.3 is 26.0 Å². The van der Waals surface area contributed by atoms with Crippen LogP contribution in [0.1, 0.15) is 19.6 Å². The third-order valence-corrected chi connectivity index (χ3v) is 3.76. The Balaban J connectivity index is 1.85. The Morgan fingerprint density at radius 1 is 1.39 bits per heavy atom. The van der Waals surface area contributed by atoms with E-state index in [1.165, 1.54) is 17.2 Å². The van der Waals surface area contributed by atoms with Crippen molar-refractivity contribution >= 4 is 22.9 Å². The number of fused-ring (bicyclic) bond motifs is 1. The number of carbonyl (C=O) groups excluding carboxylic acids is 1. The fourth-order valence-electron chi connectivity index (χ4n) is 2.64. The number of aliphatic hydroxyl groups excluding tert-OH is 2. The summed E-state index contributed by atoms with van der Waals surface area (Å²) in [4.78, 5) is 23.7. The molecule has 1 aliphatic rings. The maximum atomic E-state index is 11.7. The lowest BCUT2D eigenvalue weighted by molar-refractivity contribution is -0.125. The van der Waals surface area contributed by atoms with Gasteiger partial charge in [0, 0.05) is 6.54 Å². The quantitative estimate of drug-likeness (QED) is 0.534. The summed E-state index contributed by atoms with van der Waals surface area (Å²) in [7, 11) is 0. The van der Waals surface area contributed by atoms with Gasteiger partial charge in [-0.1, -0.05) is 0 Å². The van der Waals surface area contributed by atoms with E-state index in [2.05, 4.69) is 20.3 Å². The first kappa shape index (κ1) is 15.6. The third-order valence-electron chi connectivity index (χ3n) is 3.76. The van der Waals surface area contributed by atoms with E-state index in [4.69, 9.17) is 10.5 Å². The number of nitrogen functional groups attached to an aromatic ring is 1. The summed E-state index contributed by atoms with van der Waals surface area (Å²) in [5.74, 6) is -0.0490. The predicted molar refractivity (Wildman–Crippen MR) is 79.0 cm³/mol. The van der Waals surface area contributed by atoms with Crippen molar-refractivity contribution in [2.24, 2.45) is 0 Å². The normalized spacial score (nSPS) is 27.4. The van der Waals surface area contributed by atoms with Crippen LogP contribution in [0.2, 0.25) is 0 Å². The molecule has 1 saturated heterocycles. The predicted octanol–water partition coefficient (Wildman–Crippen LogP) is -1.45. The highest BCUT2D eigenvalue weighted by atomic mass is 16.6. The second kappa shape index (κ2) is 6.07. The average molecular weight is 322 g/mol. The smallest absolute Gasteiger partial charge is 0.222 e. The van der Waals surface area contributed by atoms with Gasteiger partial charge in [-0.15, -0.1) is 0 Å². The Kier molecular flexibility index (Phi) is 4.11. The minimum atomic E-state index is -1.22. The maximum absolute atomic E-state index is 11.7. The first-order chi connectivity index (χ1) is 11.0. The SMILES string of the molecule is CCNC(=O)C[C@H]1O[C@@H](n2cnc3c(N)ncnc32)C(O)C1O. The number of anilines is 1. The number of aromatic nitrogens is 4. The summed E-state index contributed by atoms with van der Waals surface area (Å²) in [6.45, 7) is 2.28. The molecule has 0 spiro atoms. The number of carbonyl (C=O) groups is 1. The van der Waals surface area contributed by atoms with E-state index in [9.17, 15) is 15.0 Å². The molecule has 3 heterocycles. The molecule has 1 amide bonds. The van der Waals surface area contributed by atoms with Crippen molar-refractivity contribution in [2.75, 3.05) is 12.3 Å². The van der Waals surface area contributed by atoms with Crippen LogP contribution in [0, 0.1) is 0 Å². The van der Waals surface area contributed by atoms with Gasteiger partial charge in [0.15, 0.2) is 17.7 Å². The van der Waals surface area contributed by atoms with Crippen molar-refractivity contribution in [3.63, 3.8) is 0 Å². The largest absolute Gasteiger partial charge is 0.388 e. The first-order valence-electron chi connectivity index (χ1n) is 7.24. The van der Waals surface area contributed by atoms with Gasteiger partial charge in [0.25, 0.3) is 0 Å². The van der Waals surface area contributed by atoms with E-state index < -0.39 is 24.5 Å². The Labute approximate surface area is 131 Å². The van der Waals surface area contributed by atoms with E-state index in [0.29, 0.717) is 17.7 Å². The monoisotopic (exact) mass is 322 g/mol. The number of nitrogens with one attached hydrogen (secondary N) is 1. The molecule has 4 atom stereocenters. The molecule has 2 unspecified atom stereocenters. The van der Waals surface area contributed by atoms with E-state index in [1.807, 2.05) is 0 Å². The number of nitrogens with two attached hydrogens (primary N) is 1. The summed E-state index contributed by atoms with van der Waals surface area (Å²) >= 11 is 0.